The lowest BCUT2D eigenvalue weighted by atomic mass is 10.00. The first kappa shape index (κ1) is 23.3. The van der Waals surface area contributed by atoms with Crippen LogP contribution in [0.15, 0.2) is 54.6 Å². The average Bonchev–Trinajstić information content (AvgIpc) is 3.23. The fraction of sp³-hybridized carbons (Fsp3) is 0.417. The molecule has 1 fully saturated rings. The van der Waals surface area contributed by atoms with E-state index in [4.69, 9.17) is 0 Å². The van der Waals surface area contributed by atoms with Gasteiger partial charge in [-0.05, 0) is 49.4 Å². The maximum absolute atomic E-state index is 12.3. The van der Waals surface area contributed by atoms with Crippen molar-refractivity contribution in [2.75, 3.05) is 30.4 Å². The Morgan fingerprint density at radius 2 is 1.90 bits per heavy atom. The van der Waals surface area contributed by atoms with Gasteiger partial charge in [0.25, 0.3) is 0 Å². The topological polar surface area (TPSA) is 73.5 Å². The molecule has 1 heterocycles. The second-order valence-corrected chi connectivity index (χ2v) is 9.04. The molecule has 2 aromatic carbocycles. The first-order valence-electron chi connectivity index (χ1n) is 10.8. The lowest BCUT2D eigenvalue weighted by Crippen LogP contribution is -2.33. The van der Waals surface area contributed by atoms with Crippen molar-refractivity contribution in [2.45, 2.75) is 38.3 Å². The van der Waals surface area contributed by atoms with Crippen molar-refractivity contribution in [3.05, 3.63) is 65.7 Å². The number of amides is 2. The van der Waals surface area contributed by atoms with Gasteiger partial charge in [0.2, 0.25) is 11.8 Å². The summed E-state index contributed by atoms with van der Waals surface area (Å²) < 4.78 is 0. The highest BCUT2D eigenvalue weighted by Crippen LogP contribution is 2.23. The number of aryl methyl sites for hydroxylation is 1. The number of nitrogens with zero attached hydrogens (tertiary/aromatic N) is 1. The zero-order valence-corrected chi connectivity index (χ0v) is 19.1. The third-order valence-electron chi connectivity index (χ3n) is 5.42. The van der Waals surface area contributed by atoms with Crippen molar-refractivity contribution in [1.29, 1.82) is 0 Å². The van der Waals surface area contributed by atoms with E-state index in [1.165, 1.54) is 17.3 Å². The first-order chi connectivity index (χ1) is 15.0. The smallest absolute Gasteiger partial charge is 0.234 e. The van der Waals surface area contributed by atoms with Crippen LogP contribution in [0.3, 0.4) is 0 Å². The van der Waals surface area contributed by atoms with Crippen LogP contribution in [0.4, 0.5) is 5.69 Å². The van der Waals surface area contributed by atoms with Gasteiger partial charge in [-0.25, -0.2) is 0 Å². The van der Waals surface area contributed by atoms with Gasteiger partial charge in [-0.15, -0.1) is 11.8 Å². The molecule has 2 unspecified atom stereocenters. The molecule has 0 radical (unpaired) electrons. The van der Waals surface area contributed by atoms with Crippen LogP contribution >= 0.6 is 11.8 Å². The number of thioether (sulfide) groups is 1. The molecule has 0 bridgehead atoms. The second kappa shape index (κ2) is 11.9. The van der Waals surface area contributed by atoms with E-state index < -0.39 is 0 Å². The molecule has 31 heavy (non-hydrogen) atoms. The van der Waals surface area contributed by atoms with E-state index in [-0.39, 0.29) is 17.6 Å². The van der Waals surface area contributed by atoms with Gasteiger partial charge < -0.3 is 10.2 Å². The summed E-state index contributed by atoms with van der Waals surface area (Å²) in [4.78, 5) is 26.2. The van der Waals surface area contributed by atoms with Gasteiger partial charge in [-0.2, -0.15) is 0 Å². The standard InChI is InChI=1S/C24H32N4O2S/c1-18-8-6-11-20(14-18)25-23(29)16-31-17-24(30)28(2)13-7-12-21-15-22(27-26-21)19-9-4-3-5-10-19/h3-6,8-11,14,21-22,26-27H,7,12-13,15-17H2,1-2H3,(H,25,29). The van der Waals surface area contributed by atoms with Gasteiger partial charge in [0.1, 0.15) is 0 Å². The third kappa shape index (κ3) is 7.69. The normalized spacial score (nSPS) is 18.0. The number of anilines is 1. The Morgan fingerprint density at radius 3 is 2.68 bits per heavy atom. The minimum Gasteiger partial charge on any atom is -0.345 e. The number of rotatable bonds is 10. The quantitative estimate of drug-likeness (QED) is 0.527. The van der Waals surface area contributed by atoms with Gasteiger partial charge in [-0.3, -0.25) is 20.4 Å². The average molecular weight is 441 g/mol. The Morgan fingerprint density at radius 1 is 1.10 bits per heavy atom. The first-order valence-corrected chi connectivity index (χ1v) is 11.9. The Bertz CT molecular complexity index is 862. The summed E-state index contributed by atoms with van der Waals surface area (Å²) in [6.45, 7) is 2.71. The van der Waals surface area contributed by atoms with E-state index in [2.05, 4.69) is 40.4 Å². The highest BCUT2D eigenvalue weighted by Gasteiger charge is 2.24. The predicted octanol–water partition coefficient (Wildman–Crippen LogP) is 3.51. The Balaban J connectivity index is 1.28. The van der Waals surface area contributed by atoms with Crippen molar-refractivity contribution in [3.8, 4) is 0 Å². The molecule has 1 aliphatic heterocycles. The molecule has 166 valence electrons. The number of hydrazine groups is 1. The van der Waals surface area contributed by atoms with Gasteiger partial charge in [0, 0.05) is 31.4 Å². The molecule has 0 aromatic heterocycles. The Kier molecular flexibility index (Phi) is 8.94. The van der Waals surface area contributed by atoms with Crippen LogP contribution in [-0.4, -0.2) is 47.9 Å². The minimum absolute atomic E-state index is 0.0630. The van der Waals surface area contributed by atoms with Gasteiger partial charge >= 0.3 is 0 Å². The van der Waals surface area contributed by atoms with E-state index in [1.807, 2.05) is 44.3 Å². The lowest BCUT2D eigenvalue weighted by molar-refractivity contribution is -0.127. The molecule has 0 aliphatic carbocycles. The number of hydrogen-bond donors (Lipinski definition) is 3. The summed E-state index contributed by atoms with van der Waals surface area (Å²) in [5, 5.41) is 2.87. The van der Waals surface area contributed by atoms with E-state index in [9.17, 15) is 9.59 Å². The second-order valence-electron chi connectivity index (χ2n) is 8.05. The summed E-state index contributed by atoms with van der Waals surface area (Å²) in [5.41, 5.74) is 9.94. The number of hydrogen-bond acceptors (Lipinski definition) is 5. The van der Waals surface area contributed by atoms with E-state index in [0.29, 0.717) is 17.8 Å². The summed E-state index contributed by atoms with van der Waals surface area (Å²) in [6, 6.07) is 18.9. The third-order valence-corrected chi connectivity index (χ3v) is 6.33. The number of nitrogens with one attached hydrogen (secondary N) is 3. The minimum atomic E-state index is -0.0844. The van der Waals surface area contributed by atoms with E-state index in [0.717, 1.165) is 37.1 Å². The van der Waals surface area contributed by atoms with Crippen LogP contribution in [0, 0.1) is 6.92 Å². The molecule has 2 aromatic rings. The van der Waals surface area contributed by atoms with Gasteiger partial charge in [0.05, 0.1) is 11.5 Å². The van der Waals surface area contributed by atoms with E-state index >= 15 is 0 Å². The molecule has 2 amide bonds. The highest BCUT2D eigenvalue weighted by atomic mass is 32.2. The SMILES string of the molecule is Cc1cccc(NC(=O)CSCC(=O)N(C)CCCC2CC(c3ccccc3)NN2)c1. The van der Waals surface area contributed by atoms with Crippen LogP contribution in [0.1, 0.15) is 36.4 Å². The summed E-state index contributed by atoms with van der Waals surface area (Å²) in [6.07, 6.45) is 3.01. The molecule has 3 N–H and O–H groups in total. The van der Waals surface area contributed by atoms with Crippen LogP contribution < -0.4 is 16.2 Å². The largest absolute Gasteiger partial charge is 0.345 e. The fourth-order valence-electron chi connectivity index (χ4n) is 3.68. The van der Waals surface area contributed by atoms with Crippen molar-refractivity contribution in [2.24, 2.45) is 0 Å². The van der Waals surface area contributed by atoms with Gasteiger partial charge in [0.15, 0.2) is 0 Å². The molecule has 1 aliphatic rings. The molecule has 6 nitrogen and oxygen atoms in total. The summed E-state index contributed by atoms with van der Waals surface area (Å²) >= 11 is 1.35. The molecule has 0 saturated carbocycles. The fourth-order valence-corrected chi connectivity index (χ4v) is 4.43. The molecule has 7 heteroatoms. The van der Waals surface area contributed by atoms with Gasteiger partial charge in [-0.1, -0.05) is 42.5 Å². The Hall–Kier alpha value is -2.35. The maximum Gasteiger partial charge on any atom is 0.234 e. The summed E-state index contributed by atoms with van der Waals surface area (Å²) in [5.74, 6) is 0.565. The summed E-state index contributed by atoms with van der Waals surface area (Å²) in [7, 11) is 1.84. The van der Waals surface area contributed by atoms with Crippen LogP contribution in [0.2, 0.25) is 0 Å². The monoisotopic (exact) mass is 440 g/mol. The number of benzene rings is 2. The molecule has 1 saturated heterocycles. The van der Waals surface area contributed by atoms with Crippen LogP contribution in [0.25, 0.3) is 0 Å². The predicted molar refractivity (Wildman–Crippen MR) is 128 cm³/mol. The molecule has 3 rings (SSSR count). The zero-order chi connectivity index (χ0) is 22.1. The highest BCUT2D eigenvalue weighted by molar-refractivity contribution is 8.00. The number of carbonyl (C=O) groups excluding carboxylic acids is 2. The molecular weight excluding hydrogens is 408 g/mol. The maximum atomic E-state index is 12.3. The molecule has 2 atom stereocenters. The molecular formula is C24H32N4O2S. The van der Waals surface area contributed by atoms with Crippen molar-refractivity contribution in [3.63, 3.8) is 0 Å². The van der Waals surface area contributed by atoms with Crippen LogP contribution in [0.5, 0.6) is 0 Å². The zero-order valence-electron chi connectivity index (χ0n) is 18.3. The van der Waals surface area contributed by atoms with Crippen molar-refractivity contribution < 1.29 is 9.59 Å². The Labute approximate surface area is 189 Å². The number of carbonyl (C=O) groups is 2. The van der Waals surface area contributed by atoms with Crippen molar-refractivity contribution >= 4 is 29.3 Å². The van der Waals surface area contributed by atoms with E-state index in [1.54, 1.807) is 4.90 Å². The molecule has 0 spiro atoms. The lowest BCUT2D eigenvalue weighted by Gasteiger charge is -2.18. The van der Waals surface area contributed by atoms with Crippen LogP contribution in [-0.2, 0) is 9.59 Å². The van der Waals surface area contributed by atoms with Crippen molar-refractivity contribution in [1.82, 2.24) is 15.8 Å².